The molecule has 8 nitrogen and oxygen atoms in total. The van der Waals surface area contributed by atoms with Crippen LogP contribution in [0.25, 0.3) is 0 Å². The van der Waals surface area contributed by atoms with E-state index in [2.05, 4.69) is 9.62 Å². The molecule has 0 saturated carbocycles. The van der Waals surface area contributed by atoms with Crippen molar-refractivity contribution in [3.05, 3.63) is 16.7 Å². The molecule has 1 aromatic rings. The van der Waals surface area contributed by atoms with Crippen LogP contribution in [0, 0.1) is 5.92 Å². The highest BCUT2D eigenvalue weighted by atomic mass is 35.5. The van der Waals surface area contributed by atoms with E-state index in [0.717, 1.165) is 32.4 Å². The lowest BCUT2D eigenvalue weighted by atomic mass is 9.90. The van der Waals surface area contributed by atoms with Gasteiger partial charge >= 0.3 is 0 Å². The average molecular weight is 482 g/mol. The SMILES string of the molecule is CS(=O)(=O)NCCN1CCC(CCC(=O)c2cc(Cl)c(N)c3c2OCCO3)CC1.Cl. The molecular formula is C19H29Cl2N3O5S. The number of benzene rings is 1. The van der Waals surface area contributed by atoms with Crippen molar-refractivity contribution in [1.82, 2.24) is 9.62 Å². The summed E-state index contributed by atoms with van der Waals surface area (Å²) < 4.78 is 36.0. The van der Waals surface area contributed by atoms with Crippen LogP contribution in [-0.2, 0) is 10.0 Å². The smallest absolute Gasteiger partial charge is 0.208 e. The zero-order valence-corrected chi connectivity index (χ0v) is 19.4. The number of fused-ring (bicyclic) bond motifs is 1. The Balaban J connectivity index is 0.00000320. The van der Waals surface area contributed by atoms with E-state index in [4.69, 9.17) is 26.8 Å². The van der Waals surface area contributed by atoms with E-state index in [1.807, 2.05) is 0 Å². The van der Waals surface area contributed by atoms with Crippen molar-refractivity contribution < 1.29 is 22.7 Å². The molecule has 0 spiro atoms. The first kappa shape index (κ1) is 25.0. The van der Waals surface area contributed by atoms with E-state index in [-0.39, 0.29) is 18.2 Å². The van der Waals surface area contributed by atoms with Gasteiger partial charge in [-0.05, 0) is 44.3 Å². The van der Waals surface area contributed by atoms with E-state index in [0.29, 0.717) is 66.4 Å². The molecule has 30 heavy (non-hydrogen) atoms. The Morgan fingerprint density at radius 3 is 2.53 bits per heavy atom. The quantitative estimate of drug-likeness (QED) is 0.432. The summed E-state index contributed by atoms with van der Waals surface area (Å²) in [7, 11) is -3.14. The number of likely N-dealkylation sites (tertiary alicyclic amines) is 1. The van der Waals surface area contributed by atoms with Crippen molar-refractivity contribution in [2.24, 2.45) is 5.92 Å². The number of carbonyl (C=O) groups excluding carboxylic acids is 1. The molecule has 0 atom stereocenters. The third-order valence-corrected chi connectivity index (χ3v) is 6.42. The minimum Gasteiger partial charge on any atom is -0.485 e. The van der Waals surface area contributed by atoms with Crippen LogP contribution < -0.4 is 19.9 Å². The van der Waals surface area contributed by atoms with Gasteiger partial charge in [0.25, 0.3) is 0 Å². The molecule has 2 heterocycles. The van der Waals surface area contributed by atoms with Crippen LogP contribution in [-0.4, -0.2) is 64.7 Å². The predicted molar refractivity (Wildman–Crippen MR) is 120 cm³/mol. The lowest BCUT2D eigenvalue weighted by Crippen LogP contribution is -2.39. The predicted octanol–water partition coefficient (Wildman–Crippen LogP) is 2.34. The Kier molecular flexibility index (Phi) is 9.05. The number of piperidine rings is 1. The van der Waals surface area contributed by atoms with Gasteiger partial charge < -0.3 is 20.1 Å². The second-order valence-electron chi connectivity index (χ2n) is 7.59. The topological polar surface area (TPSA) is 111 Å². The number of ether oxygens (including phenoxy) is 2. The third-order valence-electron chi connectivity index (χ3n) is 5.38. The van der Waals surface area contributed by atoms with Crippen LogP contribution >= 0.6 is 24.0 Å². The molecule has 0 bridgehead atoms. The molecular weight excluding hydrogens is 453 g/mol. The molecule has 2 aliphatic rings. The van der Waals surface area contributed by atoms with Crippen molar-refractivity contribution in [2.45, 2.75) is 25.7 Å². The van der Waals surface area contributed by atoms with Gasteiger partial charge in [-0.2, -0.15) is 0 Å². The van der Waals surface area contributed by atoms with Crippen molar-refractivity contribution >= 4 is 45.5 Å². The molecule has 2 aliphatic heterocycles. The van der Waals surface area contributed by atoms with Gasteiger partial charge in [0, 0.05) is 19.5 Å². The Labute approximate surface area is 188 Å². The Bertz CT molecular complexity index is 858. The number of anilines is 1. The summed E-state index contributed by atoms with van der Waals surface area (Å²) in [5, 5.41) is 0.300. The first-order valence-corrected chi connectivity index (χ1v) is 12.1. The van der Waals surface area contributed by atoms with Gasteiger partial charge in [0.2, 0.25) is 10.0 Å². The number of nitrogen functional groups attached to an aromatic ring is 1. The standard InChI is InChI=1S/C19H28ClN3O5S.ClH/c1-29(25,26)22-6-9-23-7-4-13(5-8-23)2-3-16(24)14-12-15(20)17(21)19-18(14)27-10-11-28-19;/h12-13,22H,2-11,21H2,1H3;1H. The van der Waals surface area contributed by atoms with Gasteiger partial charge in [-0.25, -0.2) is 13.1 Å². The normalized spacial score (nSPS) is 17.4. The lowest BCUT2D eigenvalue weighted by Gasteiger charge is -2.31. The van der Waals surface area contributed by atoms with Crippen molar-refractivity contribution in [1.29, 1.82) is 0 Å². The number of carbonyl (C=O) groups is 1. The van der Waals surface area contributed by atoms with Gasteiger partial charge in [0.15, 0.2) is 17.3 Å². The molecule has 170 valence electrons. The van der Waals surface area contributed by atoms with Crippen LogP contribution in [0.3, 0.4) is 0 Å². The van der Waals surface area contributed by atoms with E-state index >= 15 is 0 Å². The number of rotatable bonds is 8. The number of sulfonamides is 1. The van der Waals surface area contributed by atoms with E-state index in [1.54, 1.807) is 6.07 Å². The van der Waals surface area contributed by atoms with Gasteiger partial charge in [-0.1, -0.05) is 11.6 Å². The number of ketones is 1. The lowest BCUT2D eigenvalue weighted by molar-refractivity contribution is 0.0952. The molecule has 0 radical (unpaired) electrons. The van der Waals surface area contributed by atoms with Gasteiger partial charge in [-0.15, -0.1) is 12.4 Å². The fraction of sp³-hybridized carbons (Fsp3) is 0.632. The zero-order valence-electron chi connectivity index (χ0n) is 17.0. The molecule has 0 amide bonds. The molecule has 1 saturated heterocycles. The summed E-state index contributed by atoms with van der Waals surface area (Å²) in [5.41, 5.74) is 6.68. The first-order chi connectivity index (χ1) is 13.7. The molecule has 1 fully saturated rings. The first-order valence-electron chi connectivity index (χ1n) is 9.82. The number of Topliss-reactive ketones (excluding diaryl/α,β-unsaturated/α-hetero) is 1. The highest BCUT2D eigenvalue weighted by Gasteiger charge is 2.26. The zero-order chi connectivity index (χ0) is 21.0. The Hall–Kier alpha value is -1.26. The number of halogens is 2. The number of nitrogens with two attached hydrogens (primary N) is 1. The minimum absolute atomic E-state index is 0. The van der Waals surface area contributed by atoms with Crippen LogP contribution in [0.15, 0.2) is 6.07 Å². The molecule has 1 aromatic carbocycles. The molecule has 3 rings (SSSR count). The maximum atomic E-state index is 12.8. The van der Waals surface area contributed by atoms with E-state index in [9.17, 15) is 13.2 Å². The van der Waals surface area contributed by atoms with Crippen molar-refractivity contribution in [3.63, 3.8) is 0 Å². The highest BCUT2D eigenvalue weighted by Crippen LogP contribution is 2.43. The monoisotopic (exact) mass is 481 g/mol. The van der Waals surface area contributed by atoms with Crippen LogP contribution in [0.2, 0.25) is 5.02 Å². The summed E-state index contributed by atoms with van der Waals surface area (Å²) in [6, 6.07) is 1.57. The van der Waals surface area contributed by atoms with Crippen molar-refractivity contribution in [3.8, 4) is 11.5 Å². The Morgan fingerprint density at radius 2 is 1.90 bits per heavy atom. The fourth-order valence-electron chi connectivity index (χ4n) is 3.76. The number of hydrogen-bond acceptors (Lipinski definition) is 7. The summed E-state index contributed by atoms with van der Waals surface area (Å²) in [6.07, 6.45) is 4.36. The maximum Gasteiger partial charge on any atom is 0.208 e. The molecule has 11 heteroatoms. The van der Waals surface area contributed by atoms with E-state index in [1.165, 1.54) is 6.26 Å². The van der Waals surface area contributed by atoms with Gasteiger partial charge in [-0.3, -0.25) is 4.79 Å². The largest absolute Gasteiger partial charge is 0.485 e. The molecule has 0 aliphatic carbocycles. The highest BCUT2D eigenvalue weighted by molar-refractivity contribution is 7.88. The maximum absolute atomic E-state index is 12.8. The summed E-state index contributed by atoms with van der Waals surface area (Å²) in [4.78, 5) is 15.1. The number of nitrogens with one attached hydrogen (secondary N) is 1. The number of nitrogens with zero attached hydrogens (tertiary/aromatic N) is 1. The Morgan fingerprint density at radius 1 is 1.27 bits per heavy atom. The summed E-state index contributed by atoms with van der Waals surface area (Å²) in [5.74, 6) is 1.21. The average Bonchev–Trinajstić information content (AvgIpc) is 2.69. The van der Waals surface area contributed by atoms with Crippen LogP contribution in [0.5, 0.6) is 11.5 Å². The van der Waals surface area contributed by atoms with Crippen LogP contribution in [0.1, 0.15) is 36.0 Å². The number of hydrogen-bond donors (Lipinski definition) is 2. The van der Waals surface area contributed by atoms with Crippen molar-refractivity contribution in [2.75, 3.05) is 51.4 Å². The van der Waals surface area contributed by atoms with Crippen LogP contribution in [0.4, 0.5) is 5.69 Å². The van der Waals surface area contributed by atoms with Gasteiger partial charge in [0.1, 0.15) is 13.2 Å². The van der Waals surface area contributed by atoms with E-state index < -0.39 is 10.0 Å². The molecule has 0 unspecified atom stereocenters. The van der Waals surface area contributed by atoms with Gasteiger partial charge in [0.05, 0.1) is 22.5 Å². The second kappa shape index (κ2) is 10.9. The minimum atomic E-state index is -3.14. The third kappa shape index (κ3) is 6.62. The summed E-state index contributed by atoms with van der Waals surface area (Å²) in [6.45, 7) is 3.69. The molecule has 0 aromatic heterocycles. The second-order valence-corrected chi connectivity index (χ2v) is 9.83. The fourth-order valence-corrected chi connectivity index (χ4v) is 4.42. The summed E-state index contributed by atoms with van der Waals surface area (Å²) >= 11 is 6.17. The molecule has 3 N–H and O–H groups in total.